The number of benzene rings is 1. The monoisotopic (exact) mass is 193 g/mol. The molecular formula is C11H15NO2. The Bertz CT molecular complexity index is 297. The predicted octanol–water partition coefficient (Wildman–Crippen LogP) is 0.573. The summed E-state index contributed by atoms with van der Waals surface area (Å²) >= 11 is 0. The second kappa shape index (κ2) is 3.69. The molecule has 1 aromatic carbocycles. The van der Waals surface area contributed by atoms with Crippen LogP contribution in [0.4, 0.5) is 0 Å². The van der Waals surface area contributed by atoms with Gasteiger partial charge in [-0.3, -0.25) is 4.90 Å². The minimum atomic E-state index is -1.48. The van der Waals surface area contributed by atoms with E-state index in [0.29, 0.717) is 13.0 Å². The Morgan fingerprint density at radius 3 is 2.50 bits per heavy atom. The van der Waals surface area contributed by atoms with E-state index in [1.165, 1.54) is 5.56 Å². The number of β-amino-alcohol motifs (C(OH)–C–C–N with tert-alkyl or cyclic N) is 2. The molecular weight excluding hydrogens is 178 g/mol. The van der Waals surface area contributed by atoms with Gasteiger partial charge in [0.25, 0.3) is 0 Å². The molecule has 1 aliphatic rings. The number of rotatable bonds is 2. The standard InChI is InChI=1S/C11H15NO2/c13-11(14)6-7-12(9-11)8-10-4-2-1-3-5-10/h1-5,13-14H,6-9H2. The van der Waals surface area contributed by atoms with Crippen LogP contribution in [0.25, 0.3) is 0 Å². The van der Waals surface area contributed by atoms with Crippen molar-refractivity contribution in [2.45, 2.75) is 18.8 Å². The molecule has 1 saturated heterocycles. The topological polar surface area (TPSA) is 43.7 Å². The summed E-state index contributed by atoms with van der Waals surface area (Å²) in [4.78, 5) is 2.05. The van der Waals surface area contributed by atoms with Crippen LogP contribution in [0.15, 0.2) is 30.3 Å². The average molecular weight is 193 g/mol. The Labute approximate surface area is 83.6 Å². The molecule has 14 heavy (non-hydrogen) atoms. The van der Waals surface area contributed by atoms with Gasteiger partial charge in [-0.1, -0.05) is 30.3 Å². The van der Waals surface area contributed by atoms with Gasteiger partial charge in [0.15, 0.2) is 5.79 Å². The molecule has 3 nitrogen and oxygen atoms in total. The van der Waals surface area contributed by atoms with Gasteiger partial charge in [0.05, 0.1) is 6.54 Å². The van der Waals surface area contributed by atoms with E-state index >= 15 is 0 Å². The molecule has 0 radical (unpaired) electrons. The van der Waals surface area contributed by atoms with Crippen molar-refractivity contribution in [2.75, 3.05) is 13.1 Å². The van der Waals surface area contributed by atoms with Gasteiger partial charge in [-0.2, -0.15) is 0 Å². The molecule has 0 saturated carbocycles. The van der Waals surface area contributed by atoms with E-state index in [1.54, 1.807) is 0 Å². The lowest BCUT2D eigenvalue weighted by Crippen LogP contribution is -2.32. The molecule has 0 amide bonds. The van der Waals surface area contributed by atoms with Crippen molar-refractivity contribution in [1.82, 2.24) is 4.90 Å². The van der Waals surface area contributed by atoms with E-state index in [1.807, 2.05) is 18.2 Å². The number of aliphatic hydroxyl groups is 2. The van der Waals surface area contributed by atoms with E-state index in [9.17, 15) is 10.2 Å². The Morgan fingerprint density at radius 2 is 1.93 bits per heavy atom. The van der Waals surface area contributed by atoms with Crippen LogP contribution in [0.5, 0.6) is 0 Å². The molecule has 76 valence electrons. The summed E-state index contributed by atoms with van der Waals surface area (Å²) in [5, 5.41) is 18.7. The first kappa shape index (κ1) is 9.65. The zero-order valence-electron chi connectivity index (χ0n) is 8.06. The van der Waals surface area contributed by atoms with E-state index in [2.05, 4.69) is 17.0 Å². The SMILES string of the molecule is OC1(O)CCN(Cc2ccccc2)C1. The molecule has 2 rings (SSSR count). The molecule has 0 aromatic heterocycles. The van der Waals surface area contributed by atoms with Crippen LogP contribution in [-0.4, -0.2) is 34.0 Å². The third-order valence-electron chi connectivity index (χ3n) is 2.55. The fraction of sp³-hybridized carbons (Fsp3) is 0.455. The first-order valence-electron chi connectivity index (χ1n) is 4.87. The Morgan fingerprint density at radius 1 is 1.21 bits per heavy atom. The maximum atomic E-state index is 9.36. The van der Waals surface area contributed by atoms with Crippen LogP contribution in [0, 0.1) is 0 Å². The van der Waals surface area contributed by atoms with Crippen molar-refractivity contribution in [3.05, 3.63) is 35.9 Å². The molecule has 0 aliphatic carbocycles. The molecule has 0 spiro atoms. The van der Waals surface area contributed by atoms with Crippen LogP contribution in [0.1, 0.15) is 12.0 Å². The largest absolute Gasteiger partial charge is 0.365 e. The van der Waals surface area contributed by atoms with Crippen molar-refractivity contribution >= 4 is 0 Å². The average Bonchev–Trinajstić information content (AvgIpc) is 2.47. The van der Waals surface area contributed by atoms with Crippen LogP contribution in [0.2, 0.25) is 0 Å². The third-order valence-corrected chi connectivity index (χ3v) is 2.55. The van der Waals surface area contributed by atoms with Crippen LogP contribution >= 0.6 is 0 Å². The molecule has 0 unspecified atom stereocenters. The normalized spacial score (nSPS) is 21.3. The fourth-order valence-corrected chi connectivity index (χ4v) is 1.83. The van der Waals surface area contributed by atoms with Crippen molar-refractivity contribution in [3.8, 4) is 0 Å². The van der Waals surface area contributed by atoms with Gasteiger partial charge in [0, 0.05) is 19.5 Å². The van der Waals surface area contributed by atoms with Crippen molar-refractivity contribution in [1.29, 1.82) is 0 Å². The van der Waals surface area contributed by atoms with E-state index in [0.717, 1.165) is 13.1 Å². The first-order chi connectivity index (χ1) is 6.66. The Balaban J connectivity index is 1.94. The highest BCUT2D eigenvalue weighted by molar-refractivity contribution is 5.14. The van der Waals surface area contributed by atoms with Gasteiger partial charge in [-0.05, 0) is 5.56 Å². The minimum absolute atomic E-state index is 0.349. The zero-order chi connectivity index (χ0) is 10.0. The van der Waals surface area contributed by atoms with Crippen molar-refractivity contribution in [2.24, 2.45) is 0 Å². The summed E-state index contributed by atoms with van der Waals surface area (Å²) in [5.74, 6) is -1.48. The highest BCUT2D eigenvalue weighted by Gasteiger charge is 2.33. The summed E-state index contributed by atoms with van der Waals surface area (Å²) in [7, 11) is 0. The molecule has 1 heterocycles. The minimum Gasteiger partial charge on any atom is -0.365 e. The maximum absolute atomic E-state index is 9.36. The first-order valence-corrected chi connectivity index (χ1v) is 4.87. The number of likely N-dealkylation sites (tertiary alicyclic amines) is 1. The third kappa shape index (κ3) is 2.32. The maximum Gasteiger partial charge on any atom is 0.176 e. The summed E-state index contributed by atoms with van der Waals surface area (Å²) in [6.45, 7) is 1.90. The van der Waals surface area contributed by atoms with E-state index < -0.39 is 5.79 Å². The van der Waals surface area contributed by atoms with Gasteiger partial charge in [-0.15, -0.1) is 0 Å². The highest BCUT2D eigenvalue weighted by atomic mass is 16.5. The lowest BCUT2D eigenvalue weighted by Gasteiger charge is -2.17. The quantitative estimate of drug-likeness (QED) is 0.675. The molecule has 1 aromatic rings. The Kier molecular flexibility index (Phi) is 2.54. The molecule has 0 bridgehead atoms. The predicted molar refractivity (Wildman–Crippen MR) is 53.5 cm³/mol. The van der Waals surface area contributed by atoms with Crippen LogP contribution < -0.4 is 0 Å². The van der Waals surface area contributed by atoms with Gasteiger partial charge in [0.1, 0.15) is 0 Å². The van der Waals surface area contributed by atoms with Gasteiger partial charge in [0.2, 0.25) is 0 Å². The van der Waals surface area contributed by atoms with Crippen LogP contribution in [-0.2, 0) is 6.54 Å². The van der Waals surface area contributed by atoms with Crippen LogP contribution in [0.3, 0.4) is 0 Å². The lowest BCUT2D eigenvalue weighted by molar-refractivity contribution is -0.148. The Hall–Kier alpha value is -0.900. The van der Waals surface area contributed by atoms with Crippen molar-refractivity contribution < 1.29 is 10.2 Å². The highest BCUT2D eigenvalue weighted by Crippen LogP contribution is 2.19. The summed E-state index contributed by atoms with van der Waals surface area (Å²) < 4.78 is 0. The number of nitrogens with zero attached hydrogens (tertiary/aromatic N) is 1. The molecule has 2 N–H and O–H groups in total. The summed E-state index contributed by atoms with van der Waals surface area (Å²) in [5.41, 5.74) is 1.21. The smallest absolute Gasteiger partial charge is 0.176 e. The molecule has 3 heteroatoms. The summed E-state index contributed by atoms with van der Waals surface area (Å²) in [6.07, 6.45) is 0.444. The molecule has 1 fully saturated rings. The number of hydrogen-bond acceptors (Lipinski definition) is 3. The van der Waals surface area contributed by atoms with Crippen molar-refractivity contribution in [3.63, 3.8) is 0 Å². The molecule has 0 atom stereocenters. The summed E-state index contributed by atoms with van der Waals surface area (Å²) in [6, 6.07) is 10.1. The fourth-order valence-electron chi connectivity index (χ4n) is 1.83. The number of hydrogen-bond donors (Lipinski definition) is 2. The lowest BCUT2D eigenvalue weighted by atomic mass is 10.2. The molecule has 1 aliphatic heterocycles. The van der Waals surface area contributed by atoms with Gasteiger partial charge in [-0.25, -0.2) is 0 Å². The van der Waals surface area contributed by atoms with E-state index in [-0.39, 0.29) is 0 Å². The van der Waals surface area contributed by atoms with Gasteiger partial charge >= 0.3 is 0 Å². The van der Waals surface area contributed by atoms with Gasteiger partial charge < -0.3 is 10.2 Å². The second-order valence-electron chi connectivity index (χ2n) is 3.93. The second-order valence-corrected chi connectivity index (χ2v) is 3.93. The van der Waals surface area contributed by atoms with E-state index in [4.69, 9.17) is 0 Å². The zero-order valence-corrected chi connectivity index (χ0v) is 8.06.